The summed E-state index contributed by atoms with van der Waals surface area (Å²) in [6.45, 7) is 0. The quantitative estimate of drug-likeness (QED) is 0.401. The fourth-order valence-electron chi connectivity index (χ4n) is 3.02. The number of esters is 2. The molecule has 0 aliphatic heterocycles. The Morgan fingerprint density at radius 1 is 0.727 bits per heavy atom. The fourth-order valence-corrected chi connectivity index (χ4v) is 3.02. The number of rotatable bonds is 11. The number of amides is 2. The van der Waals surface area contributed by atoms with Gasteiger partial charge in [-0.25, -0.2) is 9.59 Å². The molecule has 0 unspecified atom stereocenters. The molecule has 2 atom stereocenters. The lowest BCUT2D eigenvalue weighted by atomic mass is 10.1. The number of allylic oxidation sites excluding steroid dienone is 1. The van der Waals surface area contributed by atoms with Gasteiger partial charge in [0.25, 0.3) is 11.8 Å². The minimum Gasteiger partial charge on any atom is -0.467 e. The Morgan fingerprint density at radius 2 is 1.18 bits per heavy atom. The Bertz CT molecular complexity index is 959. The van der Waals surface area contributed by atoms with Crippen LogP contribution in [0.5, 0.6) is 0 Å². The van der Waals surface area contributed by atoms with Gasteiger partial charge in [-0.2, -0.15) is 0 Å². The summed E-state index contributed by atoms with van der Waals surface area (Å²) in [6.07, 6.45) is 4.45. The van der Waals surface area contributed by atoms with E-state index in [1.807, 2.05) is 0 Å². The SMILES string of the molecule is COC(=O)[C@H](C/C=C/CC[C@H](NC(=O)c1ccccc1)C(=O)OC)NC(=O)c1ccccc1. The zero-order valence-electron chi connectivity index (χ0n) is 18.7. The summed E-state index contributed by atoms with van der Waals surface area (Å²) in [5, 5.41) is 5.34. The Labute approximate surface area is 193 Å². The number of benzene rings is 2. The van der Waals surface area contributed by atoms with Crippen LogP contribution in [0.15, 0.2) is 72.8 Å². The van der Waals surface area contributed by atoms with Crippen molar-refractivity contribution in [3.05, 3.63) is 83.9 Å². The van der Waals surface area contributed by atoms with Gasteiger partial charge >= 0.3 is 11.9 Å². The lowest BCUT2D eigenvalue weighted by Gasteiger charge is -2.16. The molecule has 0 aromatic heterocycles. The predicted molar refractivity (Wildman–Crippen MR) is 122 cm³/mol. The van der Waals surface area contributed by atoms with E-state index < -0.39 is 24.0 Å². The summed E-state index contributed by atoms with van der Waals surface area (Å²) in [7, 11) is 2.51. The third-order valence-corrected chi connectivity index (χ3v) is 4.81. The summed E-state index contributed by atoms with van der Waals surface area (Å²) >= 11 is 0. The van der Waals surface area contributed by atoms with Gasteiger partial charge in [0.15, 0.2) is 0 Å². The van der Waals surface area contributed by atoms with Crippen molar-refractivity contribution in [1.82, 2.24) is 10.6 Å². The highest BCUT2D eigenvalue weighted by Crippen LogP contribution is 2.07. The predicted octanol–water partition coefficient (Wildman–Crippen LogP) is 2.66. The number of hydrogen-bond acceptors (Lipinski definition) is 6. The van der Waals surface area contributed by atoms with Gasteiger partial charge in [0, 0.05) is 11.1 Å². The molecule has 2 aromatic rings. The highest BCUT2D eigenvalue weighted by molar-refractivity contribution is 5.97. The maximum Gasteiger partial charge on any atom is 0.328 e. The molecule has 33 heavy (non-hydrogen) atoms. The van der Waals surface area contributed by atoms with Gasteiger partial charge in [-0.05, 0) is 43.5 Å². The Morgan fingerprint density at radius 3 is 1.67 bits per heavy atom. The molecule has 2 N–H and O–H groups in total. The largest absolute Gasteiger partial charge is 0.467 e. The first-order valence-corrected chi connectivity index (χ1v) is 10.5. The summed E-state index contributed by atoms with van der Waals surface area (Å²) in [6, 6.07) is 15.5. The van der Waals surface area contributed by atoms with Crippen molar-refractivity contribution < 1.29 is 28.7 Å². The van der Waals surface area contributed by atoms with Gasteiger partial charge in [0.2, 0.25) is 0 Å². The Balaban J connectivity index is 1.91. The van der Waals surface area contributed by atoms with Crippen molar-refractivity contribution in [2.75, 3.05) is 14.2 Å². The second kappa shape index (κ2) is 13.5. The van der Waals surface area contributed by atoms with Crippen LogP contribution in [0.3, 0.4) is 0 Å². The first-order valence-electron chi connectivity index (χ1n) is 10.5. The van der Waals surface area contributed by atoms with Crippen molar-refractivity contribution in [1.29, 1.82) is 0 Å². The van der Waals surface area contributed by atoms with Crippen molar-refractivity contribution in [3.63, 3.8) is 0 Å². The zero-order valence-corrected chi connectivity index (χ0v) is 18.7. The van der Waals surface area contributed by atoms with Gasteiger partial charge in [-0.1, -0.05) is 48.6 Å². The van der Waals surface area contributed by atoms with Crippen LogP contribution in [0.2, 0.25) is 0 Å². The van der Waals surface area contributed by atoms with Gasteiger partial charge in [0.1, 0.15) is 12.1 Å². The summed E-state index contributed by atoms with van der Waals surface area (Å²) in [4.78, 5) is 48.8. The van der Waals surface area contributed by atoms with E-state index >= 15 is 0 Å². The summed E-state index contributed by atoms with van der Waals surface area (Å²) < 4.78 is 9.57. The van der Waals surface area contributed by atoms with Gasteiger partial charge in [-0.15, -0.1) is 0 Å². The maximum absolute atomic E-state index is 12.4. The van der Waals surface area contributed by atoms with Crippen molar-refractivity contribution in [3.8, 4) is 0 Å². The minimum atomic E-state index is -0.854. The molecule has 0 aliphatic rings. The second-order valence-electron chi connectivity index (χ2n) is 7.11. The molecule has 0 saturated carbocycles. The number of ether oxygens (including phenoxy) is 2. The molecule has 0 spiro atoms. The maximum atomic E-state index is 12.4. The van der Waals surface area contributed by atoms with E-state index in [1.54, 1.807) is 72.8 Å². The van der Waals surface area contributed by atoms with Crippen LogP contribution in [0.25, 0.3) is 0 Å². The van der Waals surface area contributed by atoms with Crippen LogP contribution in [0.1, 0.15) is 40.0 Å². The van der Waals surface area contributed by atoms with E-state index in [4.69, 9.17) is 9.47 Å². The molecule has 0 bridgehead atoms. The third-order valence-electron chi connectivity index (χ3n) is 4.81. The molecule has 0 fully saturated rings. The molecule has 2 amide bonds. The highest BCUT2D eigenvalue weighted by atomic mass is 16.5. The van der Waals surface area contributed by atoms with Crippen LogP contribution >= 0.6 is 0 Å². The monoisotopic (exact) mass is 452 g/mol. The molecule has 8 nitrogen and oxygen atoms in total. The van der Waals surface area contributed by atoms with Gasteiger partial charge in [-0.3, -0.25) is 9.59 Å². The molecule has 0 radical (unpaired) electrons. The van der Waals surface area contributed by atoms with E-state index in [9.17, 15) is 19.2 Å². The van der Waals surface area contributed by atoms with Crippen molar-refractivity contribution in [2.24, 2.45) is 0 Å². The molecular weight excluding hydrogens is 424 g/mol. The second-order valence-corrected chi connectivity index (χ2v) is 7.11. The molecular formula is C25H28N2O6. The number of methoxy groups -OCH3 is 2. The number of carbonyl (C=O) groups is 4. The number of hydrogen-bond donors (Lipinski definition) is 2. The van der Waals surface area contributed by atoms with E-state index in [-0.39, 0.29) is 18.2 Å². The topological polar surface area (TPSA) is 111 Å². The molecule has 2 rings (SSSR count). The lowest BCUT2D eigenvalue weighted by molar-refractivity contribution is -0.143. The first-order chi connectivity index (χ1) is 16.0. The van der Waals surface area contributed by atoms with E-state index in [2.05, 4.69) is 10.6 Å². The standard InChI is InChI=1S/C25H28N2O6/c1-32-24(30)20(26-22(28)18-12-6-3-7-13-18)16-10-5-11-17-21(25(31)33-2)27-23(29)19-14-8-4-9-15-19/h3-10,12-15,20-21H,11,16-17H2,1-2H3,(H,26,28)(H,27,29)/b10-5+/t20-,21-/m0/s1. The van der Waals surface area contributed by atoms with Crippen LogP contribution < -0.4 is 10.6 Å². The van der Waals surface area contributed by atoms with E-state index in [1.165, 1.54) is 14.2 Å². The number of nitrogens with one attached hydrogen (secondary N) is 2. The molecule has 0 saturated heterocycles. The first kappa shape index (κ1) is 25.3. The van der Waals surface area contributed by atoms with Crippen LogP contribution in [0, 0.1) is 0 Å². The van der Waals surface area contributed by atoms with Crippen molar-refractivity contribution >= 4 is 23.8 Å². The molecule has 0 aliphatic carbocycles. The Hall–Kier alpha value is -3.94. The number of carbonyl (C=O) groups excluding carboxylic acids is 4. The smallest absolute Gasteiger partial charge is 0.328 e. The van der Waals surface area contributed by atoms with Crippen LogP contribution in [-0.2, 0) is 19.1 Å². The van der Waals surface area contributed by atoms with E-state index in [0.717, 1.165) is 0 Å². The van der Waals surface area contributed by atoms with Crippen molar-refractivity contribution in [2.45, 2.75) is 31.3 Å². The fraction of sp³-hybridized carbons (Fsp3) is 0.280. The Kier molecular flexibility index (Phi) is 10.3. The third kappa shape index (κ3) is 8.25. The van der Waals surface area contributed by atoms with Gasteiger partial charge in [0.05, 0.1) is 14.2 Å². The van der Waals surface area contributed by atoms with Gasteiger partial charge < -0.3 is 20.1 Å². The molecule has 2 aromatic carbocycles. The normalized spacial score (nSPS) is 12.4. The zero-order chi connectivity index (χ0) is 24.1. The lowest BCUT2D eigenvalue weighted by Crippen LogP contribution is -2.41. The molecule has 174 valence electrons. The average molecular weight is 453 g/mol. The molecule has 0 heterocycles. The molecule has 8 heteroatoms. The van der Waals surface area contributed by atoms with E-state index in [0.29, 0.717) is 24.0 Å². The summed E-state index contributed by atoms with van der Waals surface area (Å²) in [5.41, 5.74) is 0.877. The van der Waals surface area contributed by atoms with Crippen LogP contribution in [0.4, 0.5) is 0 Å². The van der Waals surface area contributed by atoms with Crippen LogP contribution in [-0.4, -0.2) is 50.1 Å². The summed E-state index contributed by atoms with van der Waals surface area (Å²) in [5.74, 6) is -1.86. The average Bonchev–Trinajstić information content (AvgIpc) is 2.86. The minimum absolute atomic E-state index is 0.213. The highest BCUT2D eigenvalue weighted by Gasteiger charge is 2.22.